The lowest BCUT2D eigenvalue weighted by Gasteiger charge is -2.18. The molecule has 0 aromatic heterocycles. The van der Waals surface area contributed by atoms with Crippen LogP contribution in [0.4, 0.5) is 0 Å². The van der Waals surface area contributed by atoms with Crippen LogP contribution in [0.1, 0.15) is 11.1 Å². The number of methoxy groups -OCH3 is 3. The van der Waals surface area contributed by atoms with Gasteiger partial charge in [-0.1, -0.05) is 6.07 Å². The molecule has 28 heavy (non-hydrogen) atoms. The summed E-state index contributed by atoms with van der Waals surface area (Å²) in [5, 5.41) is 9.72. The van der Waals surface area contributed by atoms with E-state index in [-0.39, 0.29) is 24.7 Å². The lowest BCUT2D eigenvalue weighted by molar-refractivity contribution is -0.114. The molecular weight excluding hydrogens is 360 g/mol. The number of phenols is 1. The standard InChI is InChI=1S/C22H22O6/c1-25-18-5-7-20(26-2)15(11-18)10-17-13-28-12-16(22(17)24)8-14-4-6-19(23)21(9-14)27-3/h4-11,23H,12-13H2,1-3H3/b16-8+,17-10+. The number of ketones is 1. The van der Waals surface area contributed by atoms with Gasteiger partial charge in [-0.3, -0.25) is 4.79 Å². The lowest BCUT2D eigenvalue weighted by atomic mass is 9.97. The number of hydrogen-bond acceptors (Lipinski definition) is 6. The maximum Gasteiger partial charge on any atom is 0.189 e. The van der Waals surface area contributed by atoms with E-state index in [1.165, 1.54) is 13.2 Å². The van der Waals surface area contributed by atoms with Crippen LogP contribution in [-0.2, 0) is 9.53 Å². The fourth-order valence-corrected chi connectivity index (χ4v) is 2.95. The molecule has 3 rings (SSSR count). The first kappa shape index (κ1) is 19.5. The van der Waals surface area contributed by atoms with E-state index in [1.807, 2.05) is 6.07 Å². The monoisotopic (exact) mass is 382 g/mol. The summed E-state index contributed by atoms with van der Waals surface area (Å²) < 4.78 is 21.4. The number of rotatable bonds is 5. The van der Waals surface area contributed by atoms with Gasteiger partial charge >= 0.3 is 0 Å². The fourth-order valence-electron chi connectivity index (χ4n) is 2.95. The number of hydrogen-bond donors (Lipinski definition) is 1. The molecule has 0 saturated carbocycles. The first-order valence-electron chi connectivity index (χ1n) is 8.68. The number of Topliss-reactive ketones (excluding diaryl/α,β-unsaturated/α-hetero) is 1. The van der Waals surface area contributed by atoms with Gasteiger partial charge < -0.3 is 24.1 Å². The van der Waals surface area contributed by atoms with E-state index in [0.717, 1.165) is 11.1 Å². The average molecular weight is 382 g/mol. The largest absolute Gasteiger partial charge is 0.504 e. The molecule has 2 aromatic rings. The highest BCUT2D eigenvalue weighted by molar-refractivity contribution is 6.14. The Hall–Kier alpha value is -3.25. The van der Waals surface area contributed by atoms with Gasteiger partial charge in [0.1, 0.15) is 11.5 Å². The van der Waals surface area contributed by atoms with Crippen molar-refractivity contribution in [2.24, 2.45) is 0 Å². The van der Waals surface area contributed by atoms with Gasteiger partial charge in [0, 0.05) is 16.7 Å². The molecule has 6 heteroatoms. The molecule has 0 atom stereocenters. The predicted octanol–water partition coefficient (Wildman–Crippen LogP) is 3.48. The Morgan fingerprint density at radius 3 is 2.29 bits per heavy atom. The minimum absolute atomic E-state index is 0.0431. The van der Waals surface area contributed by atoms with Gasteiger partial charge in [-0.2, -0.15) is 0 Å². The second-order valence-corrected chi connectivity index (χ2v) is 6.20. The minimum Gasteiger partial charge on any atom is -0.504 e. The summed E-state index contributed by atoms with van der Waals surface area (Å²) in [5.41, 5.74) is 2.52. The molecule has 1 heterocycles. The van der Waals surface area contributed by atoms with E-state index < -0.39 is 0 Å². The molecule has 0 amide bonds. The third-order valence-corrected chi connectivity index (χ3v) is 4.41. The van der Waals surface area contributed by atoms with Crippen molar-refractivity contribution in [1.82, 2.24) is 0 Å². The molecule has 0 aliphatic carbocycles. The Morgan fingerprint density at radius 1 is 0.893 bits per heavy atom. The van der Waals surface area contributed by atoms with Crippen molar-refractivity contribution < 1.29 is 28.8 Å². The Bertz CT molecular complexity index is 942. The zero-order chi connectivity index (χ0) is 20.1. The summed E-state index contributed by atoms with van der Waals surface area (Å²) in [5.74, 6) is 1.60. The van der Waals surface area contributed by atoms with E-state index in [2.05, 4.69) is 0 Å². The topological polar surface area (TPSA) is 74.2 Å². The number of ether oxygens (including phenoxy) is 4. The molecule has 1 aliphatic heterocycles. The second kappa shape index (κ2) is 8.63. The van der Waals surface area contributed by atoms with Crippen LogP contribution in [0.2, 0.25) is 0 Å². The summed E-state index contributed by atoms with van der Waals surface area (Å²) in [6, 6.07) is 10.3. The predicted molar refractivity (Wildman–Crippen MR) is 106 cm³/mol. The van der Waals surface area contributed by atoms with E-state index in [9.17, 15) is 9.90 Å². The van der Waals surface area contributed by atoms with E-state index in [0.29, 0.717) is 28.4 Å². The number of carbonyl (C=O) groups is 1. The lowest BCUT2D eigenvalue weighted by Crippen LogP contribution is -2.22. The summed E-state index contributed by atoms with van der Waals surface area (Å²) >= 11 is 0. The smallest absolute Gasteiger partial charge is 0.189 e. The van der Waals surface area contributed by atoms with Gasteiger partial charge in [-0.25, -0.2) is 0 Å². The minimum atomic E-state index is -0.0943. The summed E-state index contributed by atoms with van der Waals surface area (Å²) in [4.78, 5) is 12.9. The van der Waals surface area contributed by atoms with Crippen LogP contribution in [-0.4, -0.2) is 45.4 Å². The molecule has 6 nitrogen and oxygen atoms in total. The second-order valence-electron chi connectivity index (χ2n) is 6.20. The molecule has 0 radical (unpaired) electrons. The maximum absolute atomic E-state index is 12.9. The normalized spacial score (nSPS) is 17.0. The highest BCUT2D eigenvalue weighted by Crippen LogP contribution is 2.30. The van der Waals surface area contributed by atoms with Crippen molar-refractivity contribution in [3.05, 3.63) is 58.7 Å². The van der Waals surface area contributed by atoms with Crippen LogP contribution in [0.15, 0.2) is 47.5 Å². The Kier molecular flexibility index (Phi) is 6.01. The SMILES string of the molecule is COc1ccc(OC)c(/C=C2\COC/C(=C\c3ccc(O)c(OC)c3)C2=O)c1. The van der Waals surface area contributed by atoms with Crippen LogP contribution in [0.25, 0.3) is 12.2 Å². The first-order valence-corrected chi connectivity index (χ1v) is 8.68. The highest BCUT2D eigenvalue weighted by Gasteiger charge is 2.22. The molecule has 0 unspecified atom stereocenters. The molecule has 2 aromatic carbocycles. The molecular formula is C22H22O6. The van der Waals surface area contributed by atoms with Crippen molar-refractivity contribution in [2.45, 2.75) is 0 Å². The number of carbonyl (C=O) groups excluding carboxylic acids is 1. The van der Waals surface area contributed by atoms with Crippen molar-refractivity contribution in [3.63, 3.8) is 0 Å². The fraction of sp³-hybridized carbons (Fsp3) is 0.227. The molecule has 0 spiro atoms. The number of benzene rings is 2. The third-order valence-electron chi connectivity index (χ3n) is 4.41. The van der Waals surface area contributed by atoms with Crippen molar-refractivity contribution >= 4 is 17.9 Å². The van der Waals surface area contributed by atoms with Gasteiger partial charge in [0.05, 0.1) is 34.5 Å². The van der Waals surface area contributed by atoms with Crippen molar-refractivity contribution in [2.75, 3.05) is 34.5 Å². The Balaban J connectivity index is 1.94. The van der Waals surface area contributed by atoms with Gasteiger partial charge in [-0.05, 0) is 48.0 Å². The first-order chi connectivity index (χ1) is 13.5. The van der Waals surface area contributed by atoms with Gasteiger partial charge in [-0.15, -0.1) is 0 Å². The quantitative estimate of drug-likeness (QED) is 0.798. The molecule has 1 saturated heterocycles. The summed E-state index contributed by atoms with van der Waals surface area (Å²) in [6.07, 6.45) is 3.49. The Labute approximate surface area is 163 Å². The van der Waals surface area contributed by atoms with Gasteiger partial charge in [0.15, 0.2) is 17.3 Å². The van der Waals surface area contributed by atoms with Crippen molar-refractivity contribution in [1.29, 1.82) is 0 Å². The molecule has 1 N–H and O–H groups in total. The molecule has 146 valence electrons. The third kappa shape index (κ3) is 4.18. The molecule has 1 fully saturated rings. The Morgan fingerprint density at radius 2 is 1.61 bits per heavy atom. The zero-order valence-corrected chi connectivity index (χ0v) is 16.0. The highest BCUT2D eigenvalue weighted by atomic mass is 16.5. The van der Waals surface area contributed by atoms with Crippen LogP contribution < -0.4 is 14.2 Å². The average Bonchev–Trinajstić information content (AvgIpc) is 2.72. The van der Waals surface area contributed by atoms with E-state index >= 15 is 0 Å². The van der Waals surface area contributed by atoms with Crippen LogP contribution in [0.5, 0.6) is 23.0 Å². The number of phenolic OH excluding ortho intramolecular Hbond substituents is 1. The number of aromatic hydroxyl groups is 1. The van der Waals surface area contributed by atoms with E-state index in [1.54, 1.807) is 50.6 Å². The molecule has 0 bridgehead atoms. The van der Waals surface area contributed by atoms with E-state index in [4.69, 9.17) is 18.9 Å². The van der Waals surface area contributed by atoms with Crippen LogP contribution >= 0.6 is 0 Å². The van der Waals surface area contributed by atoms with Crippen LogP contribution in [0, 0.1) is 0 Å². The van der Waals surface area contributed by atoms with Gasteiger partial charge in [0.2, 0.25) is 0 Å². The maximum atomic E-state index is 12.9. The zero-order valence-electron chi connectivity index (χ0n) is 16.0. The summed E-state index contributed by atoms with van der Waals surface area (Å²) in [7, 11) is 4.64. The molecule has 1 aliphatic rings. The van der Waals surface area contributed by atoms with Crippen LogP contribution in [0.3, 0.4) is 0 Å². The van der Waals surface area contributed by atoms with Gasteiger partial charge in [0.25, 0.3) is 0 Å². The summed E-state index contributed by atoms with van der Waals surface area (Å²) in [6.45, 7) is 0.435. The van der Waals surface area contributed by atoms with Crippen molar-refractivity contribution in [3.8, 4) is 23.0 Å².